The third-order valence-electron chi connectivity index (χ3n) is 5.79. The molecule has 33 heavy (non-hydrogen) atoms. The van der Waals surface area contributed by atoms with Crippen LogP contribution in [0.2, 0.25) is 0 Å². The molecule has 4 aromatic rings. The maximum Gasteiger partial charge on any atom is 0.353 e. The summed E-state index contributed by atoms with van der Waals surface area (Å²) in [4.78, 5) is 28.9. The molecule has 1 saturated heterocycles. The first-order valence-corrected chi connectivity index (χ1v) is 10.8. The third-order valence-corrected chi connectivity index (χ3v) is 5.79. The second kappa shape index (κ2) is 9.17. The second-order valence-corrected chi connectivity index (χ2v) is 7.91. The number of nitro groups is 1. The van der Waals surface area contributed by atoms with Gasteiger partial charge in [-0.2, -0.15) is 0 Å². The van der Waals surface area contributed by atoms with Crippen molar-refractivity contribution in [1.29, 1.82) is 0 Å². The first kappa shape index (κ1) is 20.8. The van der Waals surface area contributed by atoms with Gasteiger partial charge in [-0.1, -0.05) is 48.5 Å². The van der Waals surface area contributed by atoms with Gasteiger partial charge in [0.25, 0.3) is 0 Å². The van der Waals surface area contributed by atoms with E-state index in [2.05, 4.69) is 37.3 Å². The van der Waals surface area contributed by atoms with E-state index in [1.54, 1.807) is 6.20 Å². The molecule has 0 unspecified atom stereocenters. The van der Waals surface area contributed by atoms with Crippen LogP contribution >= 0.6 is 0 Å². The van der Waals surface area contributed by atoms with Crippen LogP contribution in [0.3, 0.4) is 0 Å². The molecule has 0 amide bonds. The van der Waals surface area contributed by atoms with Gasteiger partial charge in [-0.25, -0.2) is 9.97 Å². The molecule has 1 aliphatic heterocycles. The van der Waals surface area contributed by atoms with Gasteiger partial charge in [0, 0.05) is 44.3 Å². The molecule has 166 valence electrons. The van der Waals surface area contributed by atoms with Crippen LogP contribution in [-0.4, -0.2) is 51.0 Å². The Balaban J connectivity index is 1.38. The third kappa shape index (κ3) is 4.44. The van der Waals surface area contributed by atoms with Crippen molar-refractivity contribution in [1.82, 2.24) is 19.9 Å². The minimum atomic E-state index is -0.410. The molecule has 5 rings (SSSR count). The maximum absolute atomic E-state index is 12.1. The largest absolute Gasteiger partial charge is 0.353 e. The lowest BCUT2D eigenvalue weighted by molar-refractivity contribution is -0.383. The summed E-state index contributed by atoms with van der Waals surface area (Å²) in [5.74, 6) is 0.500. The van der Waals surface area contributed by atoms with Crippen molar-refractivity contribution in [2.75, 3.05) is 36.4 Å². The van der Waals surface area contributed by atoms with E-state index in [0.717, 1.165) is 30.5 Å². The number of pyridine rings is 1. The predicted octanol–water partition coefficient (Wildman–Crippen LogP) is 4.00. The summed E-state index contributed by atoms with van der Waals surface area (Å²) >= 11 is 0. The van der Waals surface area contributed by atoms with Crippen LogP contribution in [0.1, 0.15) is 5.56 Å². The second-order valence-electron chi connectivity index (χ2n) is 7.91. The Kier molecular flexibility index (Phi) is 5.77. The zero-order valence-corrected chi connectivity index (χ0v) is 18.0. The fourth-order valence-corrected chi connectivity index (χ4v) is 4.15. The highest BCUT2D eigenvalue weighted by molar-refractivity contribution is 5.92. The predicted molar refractivity (Wildman–Crippen MR) is 128 cm³/mol. The van der Waals surface area contributed by atoms with E-state index in [-0.39, 0.29) is 11.5 Å². The number of hydrogen-bond acceptors (Lipinski definition) is 8. The fraction of sp³-hybridized carbons (Fsp3) is 0.208. The monoisotopic (exact) mass is 441 g/mol. The molecule has 0 atom stereocenters. The van der Waals surface area contributed by atoms with E-state index in [1.165, 1.54) is 11.9 Å². The van der Waals surface area contributed by atoms with Gasteiger partial charge in [-0.05, 0) is 17.7 Å². The maximum atomic E-state index is 12.1. The molecule has 0 saturated carbocycles. The molecule has 2 aromatic heterocycles. The highest BCUT2D eigenvalue weighted by atomic mass is 16.6. The minimum absolute atomic E-state index is 0.123. The fourth-order valence-electron chi connectivity index (χ4n) is 4.15. The number of hydrogen-bond donors (Lipinski definition) is 1. The van der Waals surface area contributed by atoms with Crippen LogP contribution in [0.25, 0.3) is 10.9 Å². The van der Waals surface area contributed by atoms with Gasteiger partial charge >= 0.3 is 5.69 Å². The van der Waals surface area contributed by atoms with Gasteiger partial charge in [0.2, 0.25) is 11.6 Å². The lowest BCUT2D eigenvalue weighted by Gasteiger charge is -2.35. The smallest absolute Gasteiger partial charge is 0.348 e. The first-order chi connectivity index (χ1) is 16.2. The highest BCUT2D eigenvalue weighted by Gasteiger charge is 2.29. The van der Waals surface area contributed by atoms with Crippen LogP contribution in [0, 0.1) is 10.1 Å². The van der Waals surface area contributed by atoms with Crippen LogP contribution in [0.4, 0.5) is 23.0 Å². The van der Waals surface area contributed by atoms with Crippen molar-refractivity contribution in [2.24, 2.45) is 0 Å². The van der Waals surface area contributed by atoms with Gasteiger partial charge in [0.1, 0.15) is 6.33 Å². The van der Waals surface area contributed by atoms with Crippen molar-refractivity contribution in [3.63, 3.8) is 0 Å². The Morgan fingerprint density at radius 1 is 0.909 bits per heavy atom. The number of rotatable bonds is 6. The van der Waals surface area contributed by atoms with Gasteiger partial charge in [0.15, 0.2) is 0 Å². The molecule has 0 radical (unpaired) electrons. The number of nitrogens with one attached hydrogen (secondary N) is 1. The summed E-state index contributed by atoms with van der Waals surface area (Å²) < 4.78 is 0. The first-order valence-electron chi connectivity index (χ1n) is 10.8. The average Bonchev–Trinajstić information content (AvgIpc) is 2.85. The van der Waals surface area contributed by atoms with E-state index in [1.807, 2.05) is 53.4 Å². The van der Waals surface area contributed by atoms with Crippen molar-refractivity contribution in [3.8, 4) is 0 Å². The number of fused-ring (bicyclic) bond motifs is 1. The molecule has 0 bridgehead atoms. The molecule has 0 aliphatic carbocycles. The van der Waals surface area contributed by atoms with Crippen LogP contribution in [0.15, 0.2) is 73.2 Å². The minimum Gasteiger partial charge on any atom is -0.348 e. The Labute approximate surface area is 190 Å². The normalized spacial score (nSPS) is 14.4. The van der Waals surface area contributed by atoms with E-state index in [0.29, 0.717) is 24.6 Å². The zero-order valence-electron chi connectivity index (χ0n) is 18.0. The molecule has 1 N–H and O–H groups in total. The molecular formula is C24H23N7O2. The standard InChI is InChI=1S/C24H23N7O2/c32-31(33)22-23(28-20-10-4-8-19-9-5-11-25-21(19)20)26-17-27-24(22)30-14-12-29(13-15-30)16-18-6-2-1-3-7-18/h1-11,17H,12-16H2,(H,26,27,28). The molecule has 9 heteroatoms. The molecule has 1 aliphatic rings. The number of aromatic nitrogens is 3. The molecular weight excluding hydrogens is 418 g/mol. The Bertz CT molecular complexity index is 1270. The van der Waals surface area contributed by atoms with Crippen molar-refractivity contribution >= 4 is 33.9 Å². The van der Waals surface area contributed by atoms with Crippen molar-refractivity contribution in [2.45, 2.75) is 6.54 Å². The lowest BCUT2D eigenvalue weighted by Crippen LogP contribution is -2.46. The highest BCUT2D eigenvalue weighted by Crippen LogP contribution is 2.35. The zero-order chi connectivity index (χ0) is 22.6. The van der Waals surface area contributed by atoms with Crippen molar-refractivity contribution < 1.29 is 4.92 Å². The quantitative estimate of drug-likeness (QED) is 0.354. The number of benzene rings is 2. The van der Waals surface area contributed by atoms with Gasteiger partial charge in [0.05, 0.1) is 16.1 Å². The van der Waals surface area contributed by atoms with E-state index < -0.39 is 4.92 Å². The molecule has 3 heterocycles. The Hall–Kier alpha value is -4.11. The van der Waals surface area contributed by atoms with Crippen LogP contribution < -0.4 is 10.2 Å². The summed E-state index contributed by atoms with van der Waals surface area (Å²) in [6.45, 7) is 3.76. The average molecular weight is 441 g/mol. The summed E-state index contributed by atoms with van der Waals surface area (Å²) in [6, 6.07) is 19.8. The number of para-hydroxylation sites is 1. The number of nitrogens with zero attached hydrogens (tertiary/aromatic N) is 6. The van der Waals surface area contributed by atoms with Crippen LogP contribution in [-0.2, 0) is 6.54 Å². The molecule has 1 fully saturated rings. The van der Waals surface area contributed by atoms with E-state index >= 15 is 0 Å². The Morgan fingerprint density at radius 3 is 2.48 bits per heavy atom. The summed E-state index contributed by atoms with van der Waals surface area (Å²) in [7, 11) is 0. The molecule has 2 aromatic carbocycles. The number of anilines is 3. The van der Waals surface area contributed by atoms with Crippen LogP contribution in [0.5, 0.6) is 0 Å². The SMILES string of the molecule is O=[N+]([O-])c1c(Nc2cccc3cccnc23)ncnc1N1CCN(Cc2ccccc2)CC1. The Morgan fingerprint density at radius 2 is 1.70 bits per heavy atom. The topological polar surface area (TPSA) is 100 Å². The van der Waals surface area contributed by atoms with E-state index in [9.17, 15) is 10.1 Å². The lowest BCUT2D eigenvalue weighted by atomic mass is 10.2. The van der Waals surface area contributed by atoms with Gasteiger partial charge < -0.3 is 10.2 Å². The van der Waals surface area contributed by atoms with Crippen molar-refractivity contribution in [3.05, 3.63) is 88.9 Å². The number of piperazine rings is 1. The summed E-state index contributed by atoms with van der Waals surface area (Å²) in [5.41, 5.74) is 2.52. The van der Waals surface area contributed by atoms with Gasteiger partial charge in [-0.3, -0.25) is 20.0 Å². The molecule has 9 nitrogen and oxygen atoms in total. The summed E-state index contributed by atoms with van der Waals surface area (Å²) in [5, 5.41) is 16.1. The summed E-state index contributed by atoms with van der Waals surface area (Å²) in [6.07, 6.45) is 3.07. The van der Waals surface area contributed by atoms with Gasteiger partial charge in [-0.15, -0.1) is 0 Å². The van der Waals surface area contributed by atoms with E-state index in [4.69, 9.17) is 0 Å². The molecule has 0 spiro atoms.